The second kappa shape index (κ2) is 11.4. The fourth-order valence-electron chi connectivity index (χ4n) is 4.97. The Balaban J connectivity index is 1.73. The Hall–Kier alpha value is -2.70. The molecule has 35 heavy (non-hydrogen) atoms. The summed E-state index contributed by atoms with van der Waals surface area (Å²) in [5.41, 5.74) is 4.46. The van der Waals surface area contributed by atoms with Gasteiger partial charge in [-0.05, 0) is 48.4 Å². The average molecular weight is 512 g/mol. The monoisotopic (exact) mass is 511 g/mol. The first-order chi connectivity index (χ1) is 16.9. The van der Waals surface area contributed by atoms with Crippen LogP contribution in [0.3, 0.4) is 0 Å². The summed E-state index contributed by atoms with van der Waals surface area (Å²) in [4.78, 5) is 27.0. The van der Waals surface area contributed by atoms with Crippen LogP contribution in [0.2, 0.25) is 5.02 Å². The van der Waals surface area contributed by atoms with Crippen LogP contribution in [0.25, 0.3) is 0 Å². The molecule has 1 N–H and O–H groups in total. The fourth-order valence-corrected chi connectivity index (χ4v) is 5.66. The normalized spacial score (nSPS) is 19.8. The highest BCUT2D eigenvalue weighted by atomic mass is 35.5. The minimum atomic E-state index is -0.526. The zero-order valence-corrected chi connectivity index (χ0v) is 21.8. The maximum atomic E-state index is 13.7. The first-order valence-corrected chi connectivity index (χ1v) is 13.3. The molecule has 0 amide bonds. The number of methoxy groups -OCH3 is 1. The molecule has 2 aromatic carbocycles. The van der Waals surface area contributed by atoms with Gasteiger partial charge in [0.05, 0.1) is 12.7 Å². The first kappa shape index (κ1) is 25.4. The summed E-state index contributed by atoms with van der Waals surface area (Å²) in [7, 11) is 1.64. The molecule has 0 saturated heterocycles. The SMILES string of the molecule is CCSCCOC(=O)C1=C(C)NC2=C(C(=O)C[C@@H](c3ccccc3OC)C2)[C@@H]1c1cccc(Cl)c1. The van der Waals surface area contributed by atoms with Crippen molar-refractivity contribution in [1.82, 2.24) is 5.32 Å². The van der Waals surface area contributed by atoms with Crippen molar-refractivity contribution >= 4 is 35.1 Å². The molecular formula is C28H30ClNO4S. The minimum Gasteiger partial charge on any atom is -0.496 e. The van der Waals surface area contributed by atoms with Crippen molar-refractivity contribution in [3.8, 4) is 5.75 Å². The van der Waals surface area contributed by atoms with Crippen molar-refractivity contribution in [1.29, 1.82) is 0 Å². The van der Waals surface area contributed by atoms with E-state index in [1.807, 2.05) is 49.4 Å². The number of rotatable bonds is 8. The van der Waals surface area contributed by atoms with E-state index in [9.17, 15) is 9.59 Å². The number of allylic oxidation sites excluding steroid dienone is 3. The summed E-state index contributed by atoms with van der Waals surface area (Å²) in [6, 6.07) is 15.2. The van der Waals surface area contributed by atoms with Gasteiger partial charge in [-0.2, -0.15) is 11.8 Å². The lowest BCUT2D eigenvalue weighted by molar-refractivity contribution is -0.138. The third-order valence-electron chi connectivity index (χ3n) is 6.47. The van der Waals surface area contributed by atoms with Crippen LogP contribution in [0.15, 0.2) is 71.1 Å². The molecule has 2 atom stereocenters. The minimum absolute atomic E-state index is 0.0129. The number of carbonyl (C=O) groups excluding carboxylic acids is 2. The number of para-hydroxylation sites is 1. The summed E-state index contributed by atoms with van der Waals surface area (Å²) >= 11 is 8.05. The predicted molar refractivity (Wildman–Crippen MR) is 141 cm³/mol. The molecule has 5 nitrogen and oxygen atoms in total. The second-order valence-corrected chi connectivity index (χ2v) is 10.5. The Morgan fingerprint density at radius 1 is 1.17 bits per heavy atom. The molecule has 1 aliphatic carbocycles. The lowest BCUT2D eigenvalue weighted by Crippen LogP contribution is -2.36. The summed E-state index contributed by atoms with van der Waals surface area (Å²) in [5.74, 6) is 1.54. The number of thioether (sulfide) groups is 1. The molecule has 184 valence electrons. The third-order valence-corrected chi connectivity index (χ3v) is 7.57. The maximum Gasteiger partial charge on any atom is 0.336 e. The van der Waals surface area contributed by atoms with E-state index in [4.69, 9.17) is 21.1 Å². The molecule has 0 aromatic heterocycles. The van der Waals surface area contributed by atoms with Crippen molar-refractivity contribution in [3.63, 3.8) is 0 Å². The van der Waals surface area contributed by atoms with Gasteiger partial charge in [0.1, 0.15) is 12.4 Å². The first-order valence-electron chi connectivity index (χ1n) is 11.8. The molecule has 7 heteroatoms. The van der Waals surface area contributed by atoms with Crippen molar-refractivity contribution in [2.45, 2.75) is 38.5 Å². The highest BCUT2D eigenvalue weighted by Gasteiger charge is 2.41. The number of hydrogen-bond donors (Lipinski definition) is 1. The molecule has 1 aliphatic heterocycles. The third kappa shape index (κ3) is 5.44. The lowest BCUT2D eigenvalue weighted by atomic mass is 9.71. The van der Waals surface area contributed by atoms with Gasteiger partial charge in [-0.1, -0.05) is 48.9 Å². The van der Waals surface area contributed by atoms with Gasteiger partial charge in [0.2, 0.25) is 0 Å². The summed E-state index contributed by atoms with van der Waals surface area (Å²) in [5, 5.41) is 3.95. The smallest absolute Gasteiger partial charge is 0.336 e. The number of carbonyl (C=O) groups is 2. The fraction of sp³-hybridized carbons (Fsp3) is 0.357. The van der Waals surface area contributed by atoms with Crippen LogP contribution in [0.4, 0.5) is 0 Å². The van der Waals surface area contributed by atoms with Gasteiger partial charge in [-0.15, -0.1) is 0 Å². The highest BCUT2D eigenvalue weighted by molar-refractivity contribution is 7.99. The van der Waals surface area contributed by atoms with Crippen LogP contribution in [-0.4, -0.2) is 37.0 Å². The Labute approximate surface area is 215 Å². The van der Waals surface area contributed by atoms with E-state index in [1.54, 1.807) is 24.9 Å². The Bertz CT molecular complexity index is 1190. The van der Waals surface area contributed by atoms with Gasteiger partial charge < -0.3 is 14.8 Å². The summed E-state index contributed by atoms with van der Waals surface area (Å²) < 4.78 is 11.2. The van der Waals surface area contributed by atoms with E-state index in [1.165, 1.54) is 0 Å². The highest BCUT2D eigenvalue weighted by Crippen LogP contribution is 2.47. The summed E-state index contributed by atoms with van der Waals surface area (Å²) in [6.45, 7) is 4.27. The maximum absolute atomic E-state index is 13.7. The topological polar surface area (TPSA) is 64.6 Å². The molecule has 1 heterocycles. The van der Waals surface area contributed by atoms with E-state index in [-0.39, 0.29) is 11.7 Å². The second-order valence-electron chi connectivity index (χ2n) is 8.65. The number of ether oxygens (including phenoxy) is 2. The number of dihydropyridines is 1. The van der Waals surface area contributed by atoms with Gasteiger partial charge in [0, 0.05) is 46.0 Å². The van der Waals surface area contributed by atoms with Crippen molar-refractivity contribution in [3.05, 3.63) is 87.2 Å². The number of ketones is 1. The van der Waals surface area contributed by atoms with Crippen LogP contribution in [0.5, 0.6) is 5.75 Å². The van der Waals surface area contributed by atoms with Crippen molar-refractivity contribution < 1.29 is 19.1 Å². The standard InChI is InChI=1S/C28H30ClNO4S/c1-4-35-13-12-34-28(32)25-17(2)30-22-15-19(21-10-5-6-11-24(21)33-3)16-23(31)27(22)26(25)18-8-7-9-20(29)14-18/h5-11,14,19,26,30H,4,12-13,15-16H2,1-3H3/t19-,26+/m0/s1. The zero-order valence-electron chi connectivity index (χ0n) is 20.2. The zero-order chi connectivity index (χ0) is 24.9. The average Bonchev–Trinajstić information content (AvgIpc) is 2.85. The Morgan fingerprint density at radius 2 is 1.97 bits per heavy atom. The largest absolute Gasteiger partial charge is 0.496 e. The van der Waals surface area contributed by atoms with Crippen LogP contribution >= 0.6 is 23.4 Å². The summed E-state index contributed by atoms with van der Waals surface area (Å²) in [6.07, 6.45) is 0.984. The molecule has 2 aromatic rings. The van der Waals surface area contributed by atoms with Gasteiger partial charge in [-0.25, -0.2) is 4.79 Å². The molecule has 0 radical (unpaired) electrons. The molecule has 4 rings (SSSR count). The van der Waals surface area contributed by atoms with Crippen molar-refractivity contribution in [2.24, 2.45) is 0 Å². The Morgan fingerprint density at radius 3 is 2.71 bits per heavy atom. The van der Waals surface area contributed by atoms with E-state index >= 15 is 0 Å². The van der Waals surface area contributed by atoms with Gasteiger partial charge in [0.15, 0.2) is 5.78 Å². The van der Waals surface area contributed by atoms with Gasteiger partial charge in [0.25, 0.3) is 0 Å². The van der Waals surface area contributed by atoms with Crippen LogP contribution in [0, 0.1) is 0 Å². The molecule has 0 bridgehead atoms. The van der Waals surface area contributed by atoms with E-state index in [0.29, 0.717) is 41.3 Å². The molecule has 0 spiro atoms. The van der Waals surface area contributed by atoms with Crippen LogP contribution in [0.1, 0.15) is 49.7 Å². The predicted octanol–water partition coefficient (Wildman–Crippen LogP) is 6.01. The molecule has 2 aliphatic rings. The molecule has 0 saturated carbocycles. The number of nitrogens with one attached hydrogen (secondary N) is 1. The molecule has 0 unspecified atom stereocenters. The van der Waals surface area contributed by atoms with Gasteiger partial charge in [-0.3, -0.25) is 4.79 Å². The van der Waals surface area contributed by atoms with E-state index in [2.05, 4.69) is 12.2 Å². The lowest BCUT2D eigenvalue weighted by Gasteiger charge is -2.37. The van der Waals surface area contributed by atoms with E-state index in [0.717, 1.165) is 34.1 Å². The number of halogens is 1. The number of benzene rings is 2. The van der Waals surface area contributed by atoms with Crippen molar-refractivity contribution in [2.75, 3.05) is 25.2 Å². The number of hydrogen-bond acceptors (Lipinski definition) is 6. The van der Waals surface area contributed by atoms with Crippen LogP contribution < -0.4 is 10.1 Å². The number of esters is 1. The number of Topliss-reactive ketones (excluding diaryl/α,β-unsaturated/α-hetero) is 1. The molecule has 0 fully saturated rings. The van der Waals surface area contributed by atoms with E-state index < -0.39 is 11.9 Å². The van der Waals surface area contributed by atoms with Gasteiger partial charge >= 0.3 is 5.97 Å². The molecular weight excluding hydrogens is 482 g/mol. The van der Waals surface area contributed by atoms with Crippen LogP contribution in [-0.2, 0) is 14.3 Å². The quantitative estimate of drug-likeness (QED) is 0.346. The Kier molecular flexibility index (Phi) is 8.24.